The number of carbonyl (C=O) groups is 3. The number of hydrogen-bond acceptors (Lipinski definition) is 6. The number of hydrogen-bond donors (Lipinski definition) is 3. The minimum atomic E-state index is -5.08. The molecule has 0 fully saturated rings. The number of nitrogens with two attached hydrogens (primary N) is 1. The van der Waals surface area contributed by atoms with Gasteiger partial charge in [-0.25, -0.2) is 4.79 Å². The molecule has 31 heavy (non-hydrogen) atoms. The lowest BCUT2D eigenvalue weighted by atomic mass is 9.85. The number of aliphatic carboxylic acids is 1. The summed E-state index contributed by atoms with van der Waals surface area (Å²) in [5.41, 5.74) is 5.94. The molecule has 0 aliphatic heterocycles. The molecule has 176 valence electrons. The Morgan fingerprint density at radius 2 is 1.74 bits per heavy atom. The Hall–Kier alpha value is -2.53. The molecule has 2 atom stereocenters. The van der Waals surface area contributed by atoms with Crippen molar-refractivity contribution in [3.8, 4) is 5.75 Å². The molecule has 1 amide bonds. The predicted molar refractivity (Wildman–Crippen MR) is 107 cm³/mol. The largest absolute Gasteiger partial charge is 0.495 e. The first kappa shape index (κ1) is 28.5. The number of carbonyl (C=O) groups excluding carboxylic acids is 2. The van der Waals surface area contributed by atoms with Gasteiger partial charge in [-0.15, -0.1) is 0 Å². The fourth-order valence-electron chi connectivity index (χ4n) is 2.12. The SMILES string of the molecule is COC(=O)C(C)(C)C(C)NC(=O)C(N)Cc1ccc(OC)c(Cl)c1.O=C(O)C(F)(F)F. The van der Waals surface area contributed by atoms with Gasteiger partial charge in [0.15, 0.2) is 0 Å². The molecule has 0 bridgehead atoms. The van der Waals surface area contributed by atoms with Gasteiger partial charge in [-0.3, -0.25) is 9.59 Å². The number of benzene rings is 1. The van der Waals surface area contributed by atoms with Crippen LogP contribution in [0.4, 0.5) is 13.2 Å². The highest BCUT2D eigenvalue weighted by molar-refractivity contribution is 6.32. The molecule has 0 spiro atoms. The molecule has 12 heteroatoms. The van der Waals surface area contributed by atoms with Crippen molar-refractivity contribution >= 4 is 29.4 Å². The van der Waals surface area contributed by atoms with E-state index in [0.29, 0.717) is 17.2 Å². The van der Waals surface area contributed by atoms with Gasteiger partial charge >= 0.3 is 18.1 Å². The van der Waals surface area contributed by atoms with Gasteiger partial charge in [0.1, 0.15) is 5.75 Å². The van der Waals surface area contributed by atoms with E-state index in [-0.39, 0.29) is 5.91 Å². The summed E-state index contributed by atoms with van der Waals surface area (Å²) in [7, 11) is 2.85. The van der Waals surface area contributed by atoms with E-state index in [2.05, 4.69) is 5.32 Å². The second kappa shape index (κ2) is 11.8. The van der Waals surface area contributed by atoms with Crippen molar-refractivity contribution in [3.05, 3.63) is 28.8 Å². The van der Waals surface area contributed by atoms with Crippen molar-refractivity contribution in [2.45, 2.75) is 45.5 Å². The molecule has 4 N–H and O–H groups in total. The minimum absolute atomic E-state index is 0.320. The van der Waals surface area contributed by atoms with Gasteiger partial charge in [0.05, 0.1) is 30.7 Å². The third-order valence-corrected chi connectivity index (χ3v) is 4.70. The second-order valence-electron chi connectivity index (χ2n) is 7.03. The molecule has 0 aliphatic carbocycles. The summed E-state index contributed by atoms with van der Waals surface area (Å²) in [5.74, 6) is -2.93. The van der Waals surface area contributed by atoms with E-state index >= 15 is 0 Å². The lowest BCUT2D eigenvalue weighted by Crippen LogP contribution is -2.52. The summed E-state index contributed by atoms with van der Waals surface area (Å²) in [6, 6.07) is 4.06. The van der Waals surface area contributed by atoms with E-state index in [9.17, 15) is 22.8 Å². The number of methoxy groups -OCH3 is 2. The summed E-state index contributed by atoms with van der Waals surface area (Å²) < 4.78 is 41.6. The van der Waals surface area contributed by atoms with Gasteiger partial charge in [0.25, 0.3) is 0 Å². The number of ether oxygens (including phenoxy) is 2. The molecule has 1 rings (SSSR count). The summed E-state index contributed by atoms with van der Waals surface area (Å²) in [5, 5.41) is 10.4. The van der Waals surface area contributed by atoms with Gasteiger partial charge in [-0.1, -0.05) is 17.7 Å². The first-order chi connectivity index (χ1) is 14.1. The van der Waals surface area contributed by atoms with Crippen molar-refractivity contribution in [2.24, 2.45) is 11.1 Å². The van der Waals surface area contributed by atoms with Crippen LogP contribution in [-0.2, 0) is 25.5 Å². The Morgan fingerprint density at radius 3 is 2.13 bits per heavy atom. The Kier molecular flexibility index (Phi) is 10.8. The van der Waals surface area contributed by atoms with Crippen molar-refractivity contribution in [1.29, 1.82) is 0 Å². The molecule has 0 aromatic heterocycles. The summed E-state index contributed by atoms with van der Waals surface area (Å²) in [6.45, 7) is 5.16. The summed E-state index contributed by atoms with van der Waals surface area (Å²) in [4.78, 5) is 33.0. The first-order valence-electron chi connectivity index (χ1n) is 8.84. The molecular formula is C19H26ClF3N2O6. The van der Waals surface area contributed by atoms with Crippen LogP contribution in [0.25, 0.3) is 0 Å². The highest BCUT2D eigenvalue weighted by Crippen LogP contribution is 2.25. The lowest BCUT2D eigenvalue weighted by molar-refractivity contribution is -0.192. The Labute approximate surface area is 182 Å². The number of esters is 1. The molecule has 0 saturated heterocycles. The molecule has 0 heterocycles. The maximum Gasteiger partial charge on any atom is 0.490 e. The first-order valence-corrected chi connectivity index (χ1v) is 9.22. The third-order valence-electron chi connectivity index (χ3n) is 4.40. The van der Waals surface area contributed by atoms with Crippen LogP contribution in [0.15, 0.2) is 18.2 Å². The molecule has 0 radical (unpaired) electrons. The Balaban J connectivity index is 0.00000110. The zero-order valence-corrected chi connectivity index (χ0v) is 18.4. The minimum Gasteiger partial charge on any atom is -0.495 e. The fourth-order valence-corrected chi connectivity index (χ4v) is 2.40. The maximum absolute atomic E-state index is 12.3. The standard InChI is InChI=1S/C17H25ClN2O4.C2HF3O2/c1-10(17(2,3)16(22)24-5)20-15(21)13(19)9-11-6-7-14(23-4)12(18)8-11;3-2(4,5)1(6)7/h6-8,10,13H,9,19H2,1-5H3,(H,20,21);(H,6,7). The van der Waals surface area contributed by atoms with Crippen LogP contribution < -0.4 is 15.8 Å². The average Bonchev–Trinajstić information content (AvgIpc) is 2.66. The second-order valence-corrected chi connectivity index (χ2v) is 7.43. The van der Waals surface area contributed by atoms with E-state index in [0.717, 1.165) is 5.56 Å². The molecular weight excluding hydrogens is 445 g/mol. The maximum atomic E-state index is 12.3. The fraction of sp³-hybridized carbons (Fsp3) is 0.526. The predicted octanol–water partition coefficient (Wildman–Crippen LogP) is 2.56. The van der Waals surface area contributed by atoms with Crippen molar-refractivity contribution in [3.63, 3.8) is 0 Å². The average molecular weight is 471 g/mol. The van der Waals surface area contributed by atoms with E-state index in [1.54, 1.807) is 39.0 Å². The smallest absolute Gasteiger partial charge is 0.490 e. The number of amides is 1. The highest BCUT2D eigenvalue weighted by Gasteiger charge is 2.38. The van der Waals surface area contributed by atoms with Crippen molar-refractivity contribution < 1.29 is 42.1 Å². The molecule has 0 saturated carbocycles. The van der Waals surface area contributed by atoms with Crippen LogP contribution in [0.1, 0.15) is 26.3 Å². The number of alkyl halides is 3. The number of carboxylic acid groups (broad SMARTS) is 1. The summed E-state index contributed by atoms with van der Waals surface area (Å²) in [6.07, 6.45) is -4.76. The lowest BCUT2D eigenvalue weighted by Gasteiger charge is -2.30. The van der Waals surface area contributed by atoms with Gasteiger partial charge in [0.2, 0.25) is 5.91 Å². The van der Waals surface area contributed by atoms with Crippen molar-refractivity contribution in [2.75, 3.05) is 14.2 Å². The number of nitrogens with one attached hydrogen (secondary N) is 1. The third kappa shape index (κ3) is 9.01. The normalized spacial score (nSPS) is 13.2. The van der Waals surface area contributed by atoms with Crippen LogP contribution in [0, 0.1) is 5.41 Å². The van der Waals surface area contributed by atoms with Crippen LogP contribution in [-0.4, -0.2) is 55.4 Å². The van der Waals surface area contributed by atoms with E-state index in [1.165, 1.54) is 14.2 Å². The molecule has 8 nitrogen and oxygen atoms in total. The van der Waals surface area contributed by atoms with Gasteiger partial charge in [-0.05, 0) is 44.9 Å². The molecule has 1 aromatic carbocycles. The number of carboxylic acids is 1. The van der Waals surface area contributed by atoms with Gasteiger partial charge in [0, 0.05) is 6.04 Å². The Morgan fingerprint density at radius 1 is 1.23 bits per heavy atom. The number of rotatable bonds is 7. The van der Waals surface area contributed by atoms with Crippen LogP contribution in [0.3, 0.4) is 0 Å². The highest BCUT2D eigenvalue weighted by atomic mass is 35.5. The van der Waals surface area contributed by atoms with Crippen LogP contribution >= 0.6 is 11.6 Å². The van der Waals surface area contributed by atoms with Gasteiger partial charge in [-0.2, -0.15) is 13.2 Å². The zero-order valence-electron chi connectivity index (χ0n) is 17.7. The molecule has 0 aliphatic rings. The van der Waals surface area contributed by atoms with Crippen LogP contribution in [0.2, 0.25) is 5.02 Å². The summed E-state index contributed by atoms with van der Waals surface area (Å²) >= 11 is 6.07. The van der Waals surface area contributed by atoms with Crippen molar-refractivity contribution in [1.82, 2.24) is 5.32 Å². The molecule has 1 aromatic rings. The Bertz CT molecular complexity index is 786. The number of halogens is 4. The quantitative estimate of drug-likeness (QED) is 0.522. The molecule has 2 unspecified atom stereocenters. The van der Waals surface area contributed by atoms with Gasteiger partial charge < -0.3 is 25.6 Å². The zero-order chi connectivity index (χ0) is 24.6. The van der Waals surface area contributed by atoms with Crippen LogP contribution in [0.5, 0.6) is 5.75 Å². The topological polar surface area (TPSA) is 128 Å². The van der Waals surface area contributed by atoms with E-state index in [4.69, 9.17) is 36.7 Å². The van der Waals surface area contributed by atoms with E-state index in [1.807, 2.05) is 0 Å². The monoisotopic (exact) mass is 470 g/mol. The van der Waals surface area contributed by atoms with E-state index < -0.39 is 35.6 Å².